The monoisotopic (exact) mass is 421 g/mol. The van der Waals surface area contributed by atoms with Crippen LogP contribution in [0.2, 0.25) is 0 Å². The van der Waals surface area contributed by atoms with Gasteiger partial charge in [-0.25, -0.2) is 8.42 Å². The lowest BCUT2D eigenvalue weighted by atomic mass is 10.1. The summed E-state index contributed by atoms with van der Waals surface area (Å²) in [6.07, 6.45) is 5.65. The maximum Gasteiger partial charge on any atom is 0.275 e. The molecule has 0 N–H and O–H groups in total. The zero-order valence-electron chi connectivity index (χ0n) is 16.9. The summed E-state index contributed by atoms with van der Waals surface area (Å²) in [4.78, 5) is 0.133. The van der Waals surface area contributed by atoms with Crippen molar-refractivity contribution in [3.8, 4) is 24.3 Å². The Labute approximate surface area is 183 Å². The molecule has 4 aromatic carbocycles. The van der Waals surface area contributed by atoms with Gasteiger partial charge in [-0.2, -0.15) is 4.31 Å². The van der Waals surface area contributed by atoms with Gasteiger partial charge in [-0.15, -0.1) is 0 Å². The highest BCUT2D eigenvalue weighted by molar-refractivity contribution is 7.93. The number of terminal acetylenes is 1. The van der Waals surface area contributed by atoms with Gasteiger partial charge in [0.25, 0.3) is 10.0 Å². The molecule has 31 heavy (non-hydrogen) atoms. The van der Waals surface area contributed by atoms with Crippen LogP contribution in [0.15, 0.2) is 95.9 Å². The second kappa shape index (κ2) is 8.40. The topological polar surface area (TPSA) is 37.4 Å². The molecule has 0 aliphatic carbocycles. The van der Waals surface area contributed by atoms with Gasteiger partial charge in [0.15, 0.2) is 0 Å². The van der Waals surface area contributed by atoms with Crippen molar-refractivity contribution in [3.63, 3.8) is 0 Å². The molecule has 0 unspecified atom stereocenters. The first-order chi connectivity index (χ1) is 15.0. The molecular weight excluding hydrogens is 402 g/mol. The number of nitrogens with zero attached hydrogens (tertiary/aromatic N) is 1. The van der Waals surface area contributed by atoms with E-state index in [1.54, 1.807) is 48.5 Å². The standard InChI is InChI=1S/C27H19NO2S/c1-3-28(31(29,30)26-18-12-21(2)13-19-26)27-11-7-6-9-24(27)17-15-22-14-16-23-8-4-5-10-25(23)20-22/h1,4-14,16,18-20H,2H3. The van der Waals surface area contributed by atoms with Crippen molar-refractivity contribution < 1.29 is 8.42 Å². The predicted molar refractivity (Wildman–Crippen MR) is 126 cm³/mol. The Morgan fingerprint density at radius 2 is 1.45 bits per heavy atom. The van der Waals surface area contributed by atoms with E-state index < -0.39 is 10.0 Å². The Hall–Kier alpha value is -3.99. The van der Waals surface area contributed by atoms with Crippen molar-refractivity contribution >= 4 is 26.5 Å². The number of aryl methyl sites for hydroxylation is 1. The molecule has 0 atom stereocenters. The Balaban J connectivity index is 1.75. The third-order valence-electron chi connectivity index (χ3n) is 4.89. The molecule has 4 aromatic rings. The minimum absolute atomic E-state index is 0.133. The molecule has 3 nitrogen and oxygen atoms in total. The minimum atomic E-state index is -3.93. The molecule has 0 aliphatic rings. The molecular formula is C27H19NO2S. The fourth-order valence-electron chi connectivity index (χ4n) is 3.25. The third kappa shape index (κ3) is 4.16. The highest BCUT2D eigenvalue weighted by Crippen LogP contribution is 2.26. The average Bonchev–Trinajstić information content (AvgIpc) is 2.79. The maximum atomic E-state index is 13.2. The number of anilines is 1. The second-order valence-electron chi connectivity index (χ2n) is 7.04. The summed E-state index contributed by atoms with van der Waals surface area (Å²) >= 11 is 0. The molecule has 4 rings (SSSR count). The van der Waals surface area contributed by atoms with Crippen LogP contribution in [0.1, 0.15) is 16.7 Å². The van der Waals surface area contributed by atoms with Crippen LogP contribution in [0.4, 0.5) is 5.69 Å². The van der Waals surface area contributed by atoms with E-state index in [1.165, 1.54) is 0 Å². The molecule has 0 heterocycles. The average molecular weight is 422 g/mol. The minimum Gasteiger partial charge on any atom is -0.200 e. The second-order valence-corrected chi connectivity index (χ2v) is 8.83. The van der Waals surface area contributed by atoms with Gasteiger partial charge < -0.3 is 0 Å². The summed E-state index contributed by atoms with van der Waals surface area (Å²) in [7, 11) is -3.93. The summed E-state index contributed by atoms with van der Waals surface area (Å²) in [5.41, 5.74) is 2.68. The normalized spacial score (nSPS) is 10.7. The van der Waals surface area contributed by atoms with E-state index in [0.29, 0.717) is 11.3 Å². The molecule has 4 heteroatoms. The van der Waals surface area contributed by atoms with Crippen LogP contribution in [0, 0.1) is 31.2 Å². The van der Waals surface area contributed by atoms with Gasteiger partial charge in [0.1, 0.15) is 0 Å². The van der Waals surface area contributed by atoms with Crippen LogP contribution < -0.4 is 4.31 Å². The number of fused-ring (bicyclic) bond motifs is 1. The van der Waals surface area contributed by atoms with Gasteiger partial charge >= 0.3 is 0 Å². The molecule has 0 aromatic heterocycles. The number of rotatable bonds is 3. The first-order valence-corrected chi connectivity index (χ1v) is 11.1. The predicted octanol–water partition coefficient (Wildman–Crippen LogP) is 5.33. The highest BCUT2D eigenvalue weighted by Gasteiger charge is 2.25. The molecule has 0 bridgehead atoms. The third-order valence-corrected chi connectivity index (χ3v) is 6.54. The van der Waals surface area contributed by atoms with Gasteiger partial charge in [0.05, 0.1) is 16.1 Å². The van der Waals surface area contributed by atoms with Crippen molar-refractivity contribution in [2.24, 2.45) is 0 Å². The van der Waals surface area contributed by atoms with Crippen molar-refractivity contribution in [2.45, 2.75) is 11.8 Å². The number of hydrogen-bond donors (Lipinski definition) is 0. The van der Waals surface area contributed by atoms with Crippen LogP contribution in [0.25, 0.3) is 10.8 Å². The summed E-state index contributed by atoms with van der Waals surface area (Å²) in [5.74, 6) is 6.22. The van der Waals surface area contributed by atoms with Gasteiger partial charge in [-0.3, -0.25) is 0 Å². The fraction of sp³-hybridized carbons (Fsp3) is 0.0370. The van der Waals surface area contributed by atoms with Gasteiger partial charge in [-0.1, -0.05) is 78.4 Å². The first-order valence-electron chi connectivity index (χ1n) is 9.67. The van der Waals surface area contributed by atoms with Crippen LogP contribution in [-0.4, -0.2) is 8.42 Å². The Kier molecular flexibility index (Phi) is 5.50. The molecule has 0 radical (unpaired) electrons. The van der Waals surface area contributed by atoms with E-state index in [0.717, 1.165) is 26.2 Å². The lowest BCUT2D eigenvalue weighted by Gasteiger charge is -2.19. The number of benzene rings is 4. The van der Waals surface area contributed by atoms with Crippen molar-refractivity contribution in [1.29, 1.82) is 0 Å². The van der Waals surface area contributed by atoms with Gasteiger partial charge in [0, 0.05) is 11.6 Å². The van der Waals surface area contributed by atoms with Gasteiger partial charge in [-0.05, 0) is 54.1 Å². The number of para-hydroxylation sites is 1. The highest BCUT2D eigenvalue weighted by atomic mass is 32.2. The Morgan fingerprint density at radius 3 is 2.19 bits per heavy atom. The van der Waals surface area contributed by atoms with Crippen LogP contribution in [0.5, 0.6) is 0 Å². The molecule has 0 saturated heterocycles. The first kappa shape index (κ1) is 20.3. The number of sulfonamides is 1. The molecule has 0 amide bonds. The van der Waals surface area contributed by atoms with E-state index in [9.17, 15) is 8.42 Å². The van der Waals surface area contributed by atoms with Crippen LogP contribution >= 0.6 is 0 Å². The zero-order chi connectivity index (χ0) is 21.8. The molecule has 0 spiro atoms. The van der Waals surface area contributed by atoms with E-state index in [2.05, 4.69) is 17.9 Å². The smallest absolute Gasteiger partial charge is 0.200 e. The lowest BCUT2D eigenvalue weighted by Crippen LogP contribution is -2.26. The van der Waals surface area contributed by atoms with Crippen molar-refractivity contribution in [1.82, 2.24) is 0 Å². The molecule has 0 saturated carbocycles. The Bertz CT molecular complexity index is 1470. The largest absolute Gasteiger partial charge is 0.275 e. The molecule has 0 fully saturated rings. The maximum absolute atomic E-state index is 13.2. The summed E-state index contributed by atoms with van der Waals surface area (Å²) < 4.78 is 27.3. The van der Waals surface area contributed by atoms with Crippen LogP contribution in [0.3, 0.4) is 0 Å². The van der Waals surface area contributed by atoms with E-state index >= 15 is 0 Å². The van der Waals surface area contributed by atoms with Crippen molar-refractivity contribution in [2.75, 3.05) is 4.31 Å². The SMILES string of the molecule is C#CN(c1ccccc1C#Cc1ccc2ccccc2c1)S(=O)(=O)c1ccc(C)cc1. The van der Waals surface area contributed by atoms with E-state index in [-0.39, 0.29) is 4.90 Å². The summed E-state index contributed by atoms with van der Waals surface area (Å²) in [6, 6.07) is 29.9. The molecule has 150 valence electrons. The lowest BCUT2D eigenvalue weighted by molar-refractivity contribution is 0.596. The van der Waals surface area contributed by atoms with Crippen LogP contribution in [-0.2, 0) is 10.0 Å². The van der Waals surface area contributed by atoms with Crippen molar-refractivity contribution in [3.05, 3.63) is 108 Å². The summed E-state index contributed by atoms with van der Waals surface area (Å²) in [5, 5.41) is 2.23. The summed E-state index contributed by atoms with van der Waals surface area (Å²) in [6.45, 7) is 1.90. The van der Waals surface area contributed by atoms with E-state index in [1.807, 2.05) is 49.4 Å². The Morgan fingerprint density at radius 1 is 0.774 bits per heavy atom. The van der Waals surface area contributed by atoms with Gasteiger partial charge in [0.2, 0.25) is 0 Å². The quantitative estimate of drug-likeness (QED) is 0.331. The van der Waals surface area contributed by atoms with E-state index in [4.69, 9.17) is 6.42 Å². The fourth-order valence-corrected chi connectivity index (χ4v) is 4.49. The zero-order valence-corrected chi connectivity index (χ0v) is 17.7. The molecule has 0 aliphatic heterocycles. The number of hydrogen-bond acceptors (Lipinski definition) is 2.